The van der Waals surface area contributed by atoms with Crippen molar-refractivity contribution in [3.63, 3.8) is 0 Å². The predicted molar refractivity (Wildman–Crippen MR) is 117 cm³/mol. The van der Waals surface area contributed by atoms with E-state index in [0.29, 0.717) is 34.2 Å². The Labute approximate surface area is 181 Å². The van der Waals surface area contributed by atoms with Crippen molar-refractivity contribution in [1.82, 2.24) is 5.43 Å². The summed E-state index contributed by atoms with van der Waals surface area (Å²) >= 11 is 0. The van der Waals surface area contributed by atoms with Gasteiger partial charge in [0.1, 0.15) is 12.3 Å². The smallest absolute Gasteiger partial charge is 0.260 e. The summed E-state index contributed by atoms with van der Waals surface area (Å²) in [5.41, 5.74) is 3.22. The molecule has 0 radical (unpaired) electrons. The Morgan fingerprint density at radius 1 is 1.00 bits per heavy atom. The number of carbonyl (C=O) groups is 1. The largest absolute Gasteiger partial charge is 0.497 e. The fourth-order valence-electron chi connectivity index (χ4n) is 2.67. The highest BCUT2D eigenvalue weighted by atomic mass is 32.2. The zero-order valence-corrected chi connectivity index (χ0v) is 18.7. The zero-order valence-electron chi connectivity index (χ0n) is 17.9. The Kier molecular flexibility index (Phi) is 8.08. The van der Waals surface area contributed by atoms with E-state index < -0.39 is 22.5 Å². The van der Waals surface area contributed by atoms with Crippen molar-refractivity contribution < 1.29 is 32.2 Å². The van der Waals surface area contributed by atoms with Crippen LogP contribution in [0.4, 0.5) is 5.69 Å². The number of amides is 1. The van der Waals surface area contributed by atoms with E-state index in [1.807, 2.05) is 0 Å². The number of methoxy groups -OCH3 is 4. The number of anilines is 1. The molecular formula is C20H25N3O7S. The molecule has 0 unspecified atom stereocenters. The first kappa shape index (κ1) is 23.8. The quantitative estimate of drug-likeness (QED) is 0.431. The van der Waals surface area contributed by atoms with Crippen molar-refractivity contribution in [3.05, 3.63) is 42.0 Å². The van der Waals surface area contributed by atoms with Crippen LogP contribution in [0.3, 0.4) is 0 Å². The van der Waals surface area contributed by atoms with Crippen molar-refractivity contribution in [2.45, 2.75) is 0 Å². The summed E-state index contributed by atoms with van der Waals surface area (Å²) < 4.78 is 46.1. The lowest BCUT2D eigenvalue weighted by atomic mass is 10.2. The first-order valence-electron chi connectivity index (χ1n) is 8.97. The fourth-order valence-corrected chi connectivity index (χ4v) is 3.53. The monoisotopic (exact) mass is 451 g/mol. The van der Waals surface area contributed by atoms with E-state index in [-0.39, 0.29) is 0 Å². The molecule has 31 heavy (non-hydrogen) atoms. The van der Waals surface area contributed by atoms with Gasteiger partial charge in [-0.3, -0.25) is 9.10 Å². The maximum atomic E-state index is 12.3. The van der Waals surface area contributed by atoms with Gasteiger partial charge < -0.3 is 18.9 Å². The SMILES string of the molecule is COc1ccc(N(CC(=O)N/N=C\c2cc(OC)c(OC)c(OC)c2)S(C)(=O)=O)cc1. The second-order valence-electron chi connectivity index (χ2n) is 6.22. The summed E-state index contributed by atoms with van der Waals surface area (Å²) in [5, 5.41) is 3.89. The average molecular weight is 452 g/mol. The van der Waals surface area contributed by atoms with Crippen molar-refractivity contribution in [2.75, 3.05) is 45.5 Å². The normalized spacial score (nSPS) is 11.1. The van der Waals surface area contributed by atoms with E-state index >= 15 is 0 Å². The Morgan fingerprint density at radius 3 is 2.03 bits per heavy atom. The Bertz CT molecular complexity index is 1010. The van der Waals surface area contributed by atoms with E-state index in [0.717, 1.165) is 10.6 Å². The number of nitrogens with one attached hydrogen (secondary N) is 1. The van der Waals surface area contributed by atoms with Gasteiger partial charge in [-0.05, 0) is 36.4 Å². The topological polar surface area (TPSA) is 116 Å². The van der Waals surface area contributed by atoms with Gasteiger partial charge in [-0.2, -0.15) is 5.10 Å². The Morgan fingerprint density at radius 2 is 1.58 bits per heavy atom. The van der Waals surface area contributed by atoms with E-state index in [1.54, 1.807) is 36.4 Å². The second kappa shape index (κ2) is 10.5. The predicted octanol–water partition coefficient (Wildman–Crippen LogP) is 1.64. The third kappa shape index (κ3) is 6.25. The van der Waals surface area contributed by atoms with Gasteiger partial charge in [0.05, 0.1) is 46.6 Å². The summed E-state index contributed by atoms with van der Waals surface area (Å²) in [4.78, 5) is 12.3. The molecule has 0 aromatic heterocycles. The minimum atomic E-state index is -3.70. The number of sulfonamides is 1. The van der Waals surface area contributed by atoms with Gasteiger partial charge in [-0.15, -0.1) is 0 Å². The van der Waals surface area contributed by atoms with Crippen LogP contribution < -0.4 is 28.7 Å². The summed E-state index contributed by atoms with van der Waals surface area (Å²) in [6, 6.07) is 9.61. The van der Waals surface area contributed by atoms with E-state index in [4.69, 9.17) is 18.9 Å². The number of benzene rings is 2. The first-order valence-corrected chi connectivity index (χ1v) is 10.8. The van der Waals surface area contributed by atoms with Crippen LogP contribution in [-0.4, -0.2) is 61.8 Å². The maximum absolute atomic E-state index is 12.3. The van der Waals surface area contributed by atoms with Gasteiger partial charge in [0.2, 0.25) is 15.8 Å². The molecule has 2 rings (SSSR count). The van der Waals surface area contributed by atoms with Crippen LogP contribution in [0.5, 0.6) is 23.0 Å². The Balaban J connectivity index is 2.14. The van der Waals surface area contributed by atoms with Crippen molar-refractivity contribution >= 4 is 27.8 Å². The lowest BCUT2D eigenvalue weighted by Crippen LogP contribution is -2.39. The molecule has 0 atom stereocenters. The molecule has 0 fully saturated rings. The van der Waals surface area contributed by atoms with Crippen LogP contribution in [0.2, 0.25) is 0 Å². The molecule has 0 aliphatic rings. The molecule has 10 nitrogen and oxygen atoms in total. The molecule has 0 bridgehead atoms. The van der Waals surface area contributed by atoms with Gasteiger partial charge in [-0.1, -0.05) is 0 Å². The number of ether oxygens (including phenoxy) is 4. The van der Waals surface area contributed by atoms with Crippen LogP contribution >= 0.6 is 0 Å². The number of hydrogen-bond donors (Lipinski definition) is 1. The molecule has 2 aromatic carbocycles. The zero-order chi connectivity index (χ0) is 23.0. The molecule has 168 valence electrons. The summed E-state index contributed by atoms with van der Waals surface area (Å²) in [6.45, 7) is -0.447. The van der Waals surface area contributed by atoms with Gasteiger partial charge in [0.25, 0.3) is 5.91 Å². The molecule has 0 spiro atoms. The lowest BCUT2D eigenvalue weighted by molar-refractivity contribution is -0.119. The van der Waals surface area contributed by atoms with Crippen LogP contribution in [0.15, 0.2) is 41.5 Å². The minimum absolute atomic E-state index is 0.326. The third-order valence-corrected chi connectivity index (χ3v) is 5.28. The minimum Gasteiger partial charge on any atom is -0.497 e. The lowest BCUT2D eigenvalue weighted by Gasteiger charge is -2.21. The van der Waals surface area contributed by atoms with Gasteiger partial charge in [0, 0.05) is 5.56 Å². The molecular weight excluding hydrogens is 426 g/mol. The van der Waals surface area contributed by atoms with Crippen LogP contribution in [0, 0.1) is 0 Å². The third-order valence-electron chi connectivity index (χ3n) is 4.14. The number of rotatable bonds is 10. The summed E-state index contributed by atoms with van der Waals surface area (Å²) in [6.07, 6.45) is 2.39. The van der Waals surface area contributed by atoms with E-state index in [9.17, 15) is 13.2 Å². The van der Waals surface area contributed by atoms with Crippen LogP contribution in [-0.2, 0) is 14.8 Å². The summed E-state index contributed by atoms with van der Waals surface area (Å²) in [7, 11) is 2.26. The molecule has 0 saturated carbocycles. The Hall–Kier alpha value is -3.47. The van der Waals surface area contributed by atoms with Gasteiger partial charge >= 0.3 is 0 Å². The van der Waals surface area contributed by atoms with E-state index in [1.165, 1.54) is 34.7 Å². The van der Waals surface area contributed by atoms with Crippen molar-refractivity contribution in [3.8, 4) is 23.0 Å². The summed E-state index contributed by atoms with van der Waals surface area (Å²) in [5.74, 6) is 1.23. The number of hydrazone groups is 1. The van der Waals surface area contributed by atoms with E-state index in [2.05, 4.69) is 10.5 Å². The molecule has 1 amide bonds. The number of carbonyl (C=O) groups excluding carboxylic acids is 1. The number of hydrogen-bond acceptors (Lipinski definition) is 8. The van der Waals surface area contributed by atoms with Gasteiger partial charge in [-0.25, -0.2) is 13.8 Å². The highest BCUT2D eigenvalue weighted by Crippen LogP contribution is 2.37. The standard InChI is InChI=1S/C20H25N3O7S/c1-27-16-8-6-15(7-9-16)23(31(5,25)26)13-19(24)22-21-12-14-10-17(28-2)20(30-4)18(11-14)29-3/h6-12H,13H2,1-5H3,(H,22,24)/b21-12-. The maximum Gasteiger partial charge on any atom is 0.260 e. The highest BCUT2D eigenvalue weighted by molar-refractivity contribution is 7.92. The second-order valence-corrected chi connectivity index (χ2v) is 8.13. The molecule has 11 heteroatoms. The van der Waals surface area contributed by atoms with Gasteiger partial charge in [0.15, 0.2) is 11.5 Å². The average Bonchev–Trinajstić information content (AvgIpc) is 2.76. The molecule has 0 aliphatic heterocycles. The number of nitrogens with zero attached hydrogens (tertiary/aromatic N) is 2. The molecule has 2 aromatic rings. The van der Waals surface area contributed by atoms with Crippen molar-refractivity contribution in [2.24, 2.45) is 5.10 Å². The molecule has 1 N–H and O–H groups in total. The first-order chi connectivity index (χ1) is 14.7. The van der Waals surface area contributed by atoms with Crippen LogP contribution in [0.25, 0.3) is 0 Å². The molecule has 0 aliphatic carbocycles. The molecule has 0 heterocycles. The van der Waals surface area contributed by atoms with Crippen molar-refractivity contribution in [1.29, 1.82) is 0 Å². The van der Waals surface area contributed by atoms with Crippen LogP contribution in [0.1, 0.15) is 5.56 Å². The molecule has 0 saturated heterocycles. The fraction of sp³-hybridized carbons (Fsp3) is 0.300. The highest BCUT2D eigenvalue weighted by Gasteiger charge is 2.21.